The molecule has 26 heavy (non-hydrogen) atoms. The summed E-state index contributed by atoms with van der Waals surface area (Å²) in [6.45, 7) is 0. The molecule has 0 aliphatic rings. The van der Waals surface area contributed by atoms with Gasteiger partial charge in [0.15, 0.2) is 0 Å². The Morgan fingerprint density at radius 3 is 2.62 bits per heavy atom. The van der Waals surface area contributed by atoms with Gasteiger partial charge < -0.3 is 10.1 Å². The van der Waals surface area contributed by atoms with E-state index in [1.807, 2.05) is 0 Å². The second-order valence-electron chi connectivity index (χ2n) is 5.51. The summed E-state index contributed by atoms with van der Waals surface area (Å²) in [5.41, 5.74) is 0.579. The number of ether oxygens (including phenoxy) is 1. The van der Waals surface area contributed by atoms with Crippen molar-refractivity contribution in [3.63, 3.8) is 0 Å². The molecule has 0 saturated carbocycles. The number of sulfonamides is 1. The molecular formula is C17H15FN2O4S2. The van der Waals surface area contributed by atoms with Gasteiger partial charge >= 0.3 is 0 Å². The molecule has 9 heteroatoms. The molecular weight excluding hydrogens is 379 g/mol. The van der Waals surface area contributed by atoms with Crippen LogP contribution in [0.4, 0.5) is 15.8 Å². The standard InChI is InChI=1S/C17H15FN2O4S2/c1-24-14-7-6-10(8-13(14)20-26(2,22)23)19-17(21)16-9-11-12(18)4-3-5-15(11)25-16/h3-9,20H,1-2H3,(H,19,21). The van der Waals surface area contributed by atoms with E-state index in [0.717, 1.165) is 6.26 Å². The lowest BCUT2D eigenvalue weighted by Crippen LogP contribution is -2.13. The number of fused-ring (bicyclic) bond motifs is 1. The number of nitrogens with one attached hydrogen (secondary N) is 2. The van der Waals surface area contributed by atoms with Crippen molar-refractivity contribution in [1.29, 1.82) is 0 Å². The molecule has 0 bridgehead atoms. The van der Waals surface area contributed by atoms with Gasteiger partial charge in [0.2, 0.25) is 10.0 Å². The number of hydrogen-bond donors (Lipinski definition) is 2. The molecule has 6 nitrogen and oxygen atoms in total. The highest BCUT2D eigenvalue weighted by molar-refractivity contribution is 7.92. The van der Waals surface area contributed by atoms with E-state index in [1.165, 1.54) is 42.7 Å². The maximum absolute atomic E-state index is 13.8. The van der Waals surface area contributed by atoms with Gasteiger partial charge in [0.1, 0.15) is 11.6 Å². The number of thiophene rings is 1. The van der Waals surface area contributed by atoms with E-state index in [-0.39, 0.29) is 11.5 Å². The molecule has 136 valence electrons. The van der Waals surface area contributed by atoms with Gasteiger partial charge in [-0.15, -0.1) is 11.3 Å². The van der Waals surface area contributed by atoms with Crippen molar-refractivity contribution in [2.45, 2.75) is 0 Å². The summed E-state index contributed by atoms with van der Waals surface area (Å²) in [6, 6.07) is 10.7. The first-order valence-electron chi connectivity index (χ1n) is 7.42. The molecule has 0 saturated heterocycles. The fourth-order valence-corrected chi connectivity index (χ4v) is 3.92. The van der Waals surface area contributed by atoms with Crippen LogP contribution in [0.25, 0.3) is 10.1 Å². The number of hydrogen-bond acceptors (Lipinski definition) is 5. The predicted molar refractivity (Wildman–Crippen MR) is 101 cm³/mol. The van der Waals surface area contributed by atoms with Gasteiger partial charge in [0.25, 0.3) is 5.91 Å². The fraction of sp³-hybridized carbons (Fsp3) is 0.118. The van der Waals surface area contributed by atoms with Crippen LogP contribution in [-0.2, 0) is 10.0 Å². The van der Waals surface area contributed by atoms with Gasteiger partial charge in [-0.05, 0) is 36.4 Å². The topological polar surface area (TPSA) is 84.5 Å². The molecule has 0 aliphatic heterocycles. The molecule has 3 rings (SSSR count). The highest BCUT2D eigenvalue weighted by Gasteiger charge is 2.14. The maximum Gasteiger partial charge on any atom is 0.265 e. The summed E-state index contributed by atoms with van der Waals surface area (Å²) in [6.07, 6.45) is 1.02. The third-order valence-corrected chi connectivity index (χ3v) is 5.17. The Bertz CT molecular complexity index is 1090. The third kappa shape index (κ3) is 3.94. The van der Waals surface area contributed by atoms with E-state index in [9.17, 15) is 17.6 Å². The average molecular weight is 394 g/mol. The van der Waals surface area contributed by atoms with Crippen molar-refractivity contribution in [1.82, 2.24) is 0 Å². The molecule has 0 atom stereocenters. The van der Waals surface area contributed by atoms with Crippen LogP contribution in [0.2, 0.25) is 0 Å². The largest absolute Gasteiger partial charge is 0.495 e. The van der Waals surface area contributed by atoms with Crippen molar-refractivity contribution in [2.75, 3.05) is 23.4 Å². The van der Waals surface area contributed by atoms with Crippen molar-refractivity contribution in [3.8, 4) is 5.75 Å². The Morgan fingerprint density at radius 1 is 1.19 bits per heavy atom. The molecule has 2 N–H and O–H groups in total. The molecule has 3 aromatic rings. The minimum Gasteiger partial charge on any atom is -0.495 e. The maximum atomic E-state index is 13.8. The van der Waals surface area contributed by atoms with Crippen LogP contribution in [-0.4, -0.2) is 27.7 Å². The number of rotatable bonds is 5. The van der Waals surface area contributed by atoms with Gasteiger partial charge in [-0.25, -0.2) is 12.8 Å². The first-order valence-corrected chi connectivity index (χ1v) is 10.1. The molecule has 0 spiro atoms. The number of carbonyl (C=O) groups is 1. The zero-order valence-electron chi connectivity index (χ0n) is 13.9. The monoisotopic (exact) mass is 394 g/mol. The van der Waals surface area contributed by atoms with Crippen molar-refractivity contribution >= 4 is 48.7 Å². The highest BCUT2D eigenvalue weighted by Crippen LogP contribution is 2.31. The van der Waals surface area contributed by atoms with Gasteiger partial charge in [-0.1, -0.05) is 6.07 Å². The number of methoxy groups -OCH3 is 1. The lowest BCUT2D eigenvalue weighted by molar-refractivity contribution is 0.103. The Hall–Kier alpha value is -2.65. The number of halogens is 1. The van der Waals surface area contributed by atoms with Crippen molar-refractivity contribution in [2.24, 2.45) is 0 Å². The minimum atomic E-state index is -3.51. The summed E-state index contributed by atoms with van der Waals surface area (Å²) in [5, 5.41) is 3.06. The van der Waals surface area contributed by atoms with E-state index in [0.29, 0.717) is 26.4 Å². The summed E-state index contributed by atoms with van der Waals surface area (Å²) in [5.74, 6) is -0.486. The van der Waals surface area contributed by atoms with Crippen LogP contribution < -0.4 is 14.8 Å². The second kappa shape index (κ2) is 6.93. The Morgan fingerprint density at radius 2 is 1.96 bits per heavy atom. The molecule has 1 aromatic heterocycles. The van der Waals surface area contributed by atoms with E-state index in [1.54, 1.807) is 18.2 Å². The van der Waals surface area contributed by atoms with Crippen LogP contribution >= 0.6 is 11.3 Å². The average Bonchev–Trinajstić information content (AvgIpc) is 2.99. The van der Waals surface area contributed by atoms with E-state index < -0.39 is 15.9 Å². The van der Waals surface area contributed by atoms with Crippen LogP contribution in [0.1, 0.15) is 9.67 Å². The van der Waals surface area contributed by atoms with Crippen LogP contribution in [0, 0.1) is 5.82 Å². The number of amides is 1. The minimum absolute atomic E-state index is 0.204. The number of carbonyl (C=O) groups excluding carboxylic acids is 1. The molecule has 0 fully saturated rings. The molecule has 0 aliphatic carbocycles. The molecule has 1 heterocycles. The lowest BCUT2D eigenvalue weighted by atomic mass is 10.2. The summed E-state index contributed by atoms with van der Waals surface area (Å²) >= 11 is 1.17. The third-order valence-electron chi connectivity index (χ3n) is 3.48. The van der Waals surface area contributed by atoms with E-state index in [2.05, 4.69) is 10.0 Å². The summed E-state index contributed by atoms with van der Waals surface area (Å²) in [4.78, 5) is 12.8. The predicted octanol–water partition coefficient (Wildman–Crippen LogP) is 3.67. The van der Waals surface area contributed by atoms with Crippen LogP contribution in [0.15, 0.2) is 42.5 Å². The first kappa shape index (κ1) is 18.2. The van der Waals surface area contributed by atoms with Gasteiger partial charge in [-0.3, -0.25) is 9.52 Å². The summed E-state index contributed by atoms with van der Waals surface area (Å²) < 4.78 is 44.8. The Balaban J connectivity index is 1.88. The Kier molecular flexibility index (Phi) is 4.84. The van der Waals surface area contributed by atoms with Gasteiger partial charge in [-0.2, -0.15) is 0 Å². The molecule has 0 unspecified atom stereocenters. The van der Waals surface area contributed by atoms with E-state index in [4.69, 9.17) is 4.74 Å². The van der Waals surface area contributed by atoms with Gasteiger partial charge in [0.05, 0.1) is 23.9 Å². The Labute approximate surface area is 153 Å². The molecule has 1 amide bonds. The quantitative estimate of drug-likeness (QED) is 0.691. The summed E-state index contributed by atoms with van der Waals surface area (Å²) in [7, 11) is -2.10. The van der Waals surface area contributed by atoms with Crippen LogP contribution in [0.3, 0.4) is 0 Å². The zero-order valence-corrected chi connectivity index (χ0v) is 15.5. The molecule has 0 radical (unpaired) electrons. The van der Waals surface area contributed by atoms with Crippen molar-refractivity contribution in [3.05, 3.63) is 53.2 Å². The molecule has 2 aromatic carbocycles. The zero-order chi connectivity index (χ0) is 18.9. The SMILES string of the molecule is COc1ccc(NC(=O)c2cc3c(F)cccc3s2)cc1NS(C)(=O)=O. The smallest absolute Gasteiger partial charge is 0.265 e. The first-order chi connectivity index (χ1) is 12.3. The number of anilines is 2. The number of benzene rings is 2. The lowest BCUT2D eigenvalue weighted by Gasteiger charge is -2.12. The van der Waals surface area contributed by atoms with E-state index >= 15 is 0 Å². The van der Waals surface area contributed by atoms with Crippen molar-refractivity contribution < 1.29 is 22.3 Å². The normalized spacial score (nSPS) is 11.3. The van der Waals surface area contributed by atoms with Gasteiger partial charge in [0, 0.05) is 15.8 Å². The highest BCUT2D eigenvalue weighted by atomic mass is 32.2. The fourth-order valence-electron chi connectivity index (χ4n) is 2.40. The second-order valence-corrected chi connectivity index (χ2v) is 8.34. The van der Waals surface area contributed by atoms with Crippen LogP contribution in [0.5, 0.6) is 5.75 Å².